The lowest BCUT2D eigenvalue weighted by atomic mass is 9.91. The van der Waals surface area contributed by atoms with E-state index in [1.807, 2.05) is 0 Å². The summed E-state index contributed by atoms with van der Waals surface area (Å²) in [5, 5.41) is 9.07. The average Bonchev–Trinajstić information content (AvgIpc) is 2.25. The van der Waals surface area contributed by atoms with Crippen molar-refractivity contribution in [3.8, 4) is 0 Å². The van der Waals surface area contributed by atoms with Crippen LogP contribution in [0.1, 0.15) is 25.0 Å². The van der Waals surface area contributed by atoms with Crippen LogP contribution in [-0.4, -0.2) is 29.3 Å². The van der Waals surface area contributed by atoms with Crippen LogP contribution >= 0.6 is 0 Å². The zero-order chi connectivity index (χ0) is 14.0. The summed E-state index contributed by atoms with van der Waals surface area (Å²) in [7, 11) is 0. The first kappa shape index (κ1) is 13.9. The fourth-order valence-electron chi connectivity index (χ4n) is 2.16. The molecule has 1 aliphatic rings. The van der Waals surface area contributed by atoms with Crippen molar-refractivity contribution in [3.05, 3.63) is 18.0 Å². The van der Waals surface area contributed by atoms with Crippen LogP contribution in [-0.2, 0) is 6.18 Å². The van der Waals surface area contributed by atoms with E-state index in [1.54, 1.807) is 4.90 Å². The molecule has 0 bridgehead atoms. The standard InChI is InChI=1S/C12H16F3N3O/c13-12(14,15)11-6-10(9(16)7-17-11)18(4-5-19)8-2-1-3-8/h6-8,19H,1-5,16H2. The number of hydrogen-bond donors (Lipinski definition) is 2. The Hall–Kier alpha value is -1.50. The lowest BCUT2D eigenvalue weighted by Gasteiger charge is -2.39. The number of rotatable bonds is 4. The van der Waals surface area contributed by atoms with E-state index < -0.39 is 11.9 Å². The molecule has 4 nitrogen and oxygen atoms in total. The number of nitrogen functional groups attached to an aromatic ring is 1. The van der Waals surface area contributed by atoms with E-state index in [2.05, 4.69) is 4.98 Å². The number of aliphatic hydroxyl groups is 1. The molecule has 0 aliphatic heterocycles. The van der Waals surface area contributed by atoms with Crippen LogP contribution in [0, 0.1) is 0 Å². The van der Waals surface area contributed by atoms with Gasteiger partial charge in [-0.3, -0.25) is 0 Å². The highest BCUT2D eigenvalue weighted by Crippen LogP contribution is 2.36. The van der Waals surface area contributed by atoms with Gasteiger partial charge in [-0.2, -0.15) is 13.2 Å². The predicted octanol–water partition coefficient (Wildman–Crippen LogP) is 2.03. The first-order chi connectivity index (χ1) is 8.93. The van der Waals surface area contributed by atoms with Crippen LogP contribution in [0.3, 0.4) is 0 Å². The van der Waals surface area contributed by atoms with Gasteiger partial charge >= 0.3 is 6.18 Å². The Labute approximate surface area is 109 Å². The van der Waals surface area contributed by atoms with E-state index >= 15 is 0 Å². The number of pyridine rings is 1. The van der Waals surface area contributed by atoms with Crippen LogP contribution in [0.5, 0.6) is 0 Å². The summed E-state index contributed by atoms with van der Waals surface area (Å²) in [5.74, 6) is 0. The van der Waals surface area contributed by atoms with Crippen LogP contribution in [0.2, 0.25) is 0 Å². The molecule has 19 heavy (non-hydrogen) atoms. The zero-order valence-corrected chi connectivity index (χ0v) is 10.3. The van der Waals surface area contributed by atoms with Gasteiger partial charge in [-0.15, -0.1) is 0 Å². The fourth-order valence-corrected chi connectivity index (χ4v) is 2.16. The summed E-state index contributed by atoms with van der Waals surface area (Å²) in [6, 6.07) is 1.11. The minimum Gasteiger partial charge on any atom is -0.396 e. The van der Waals surface area contributed by atoms with Crippen molar-refractivity contribution in [2.45, 2.75) is 31.5 Å². The Morgan fingerprint density at radius 2 is 2.11 bits per heavy atom. The highest BCUT2D eigenvalue weighted by atomic mass is 19.4. The van der Waals surface area contributed by atoms with Crippen LogP contribution in [0.4, 0.5) is 24.5 Å². The molecule has 1 aliphatic carbocycles. The van der Waals surface area contributed by atoms with Gasteiger partial charge < -0.3 is 15.7 Å². The monoisotopic (exact) mass is 275 g/mol. The van der Waals surface area contributed by atoms with Gasteiger partial charge in [0.1, 0.15) is 5.69 Å². The van der Waals surface area contributed by atoms with Crippen molar-refractivity contribution < 1.29 is 18.3 Å². The summed E-state index contributed by atoms with van der Waals surface area (Å²) in [4.78, 5) is 5.06. The normalized spacial score (nSPS) is 16.2. The lowest BCUT2D eigenvalue weighted by molar-refractivity contribution is -0.141. The maximum Gasteiger partial charge on any atom is 0.433 e. The van der Waals surface area contributed by atoms with E-state index in [4.69, 9.17) is 10.8 Å². The summed E-state index contributed by atoms with van der Waals surface area (Å²) < 4.78 is 38.0. The Balaban J connectivity index is 2.34. The molecule has 1 aromatic heterocycles. The number of hydrogen-bond acceptors (Lipinski definition) is 4. The average molecular weight is 275 g/mol. The third-order valence-corrected chi connectivity index (χ3v) is 3.37. The van der Waals surface area contributed by atoms with E-state index in [9.17, 15) is 13.2 Å². The number of anilines is 2. The Bertz CT molecular complexity index is 446. The first-order valence-corrected chi connectivity index (χ1v) is 6.13. The summed E-state index contributed by atoms with van der Waals surface area (Å²) in [6.45, 7) is 0.149. The van der Waals surface area contributed by atoms with Gasteiger partial charge in [0.05, 0.1) is 24.2 Å². The lowest BCUT2D eigenvalue weighted by Crippen LogP contribution is -2.42. The number of aromatic nitrogens is 1. The van der Waals surface area contributed by atoms with E-state index in [1.165, 1.54) is 0 Å². The Morgan fingerprint density at radius 1 is 1.42 bits per heavy atom. The summed E-state index contributed by atoms with van der Waals surface area (Å²) in [5.41, 5.74) is 5.28. The van der Waals surface area contributed by atoms with Crippen molar-refractivity contribution >= 4 is 11.4 Å². The molecule has 0 amide bonds. The maximum atomic E-state index is 12.7. The van der Waals surface area contributed by atoms with Crippen molar-refractivity contribution in [1.29, 1.82) is 0 Å². The number of halogens is 3. The predicted molar refractivity (Wildman–Crippen MR) is 65.7 cm³/mol. The smallest absolute Gasteiger partial charge is 0.396 e. The zero-order valence-electron chi connectivity index (χ0n) is 10.3. The topological polar surface area (TPSA) is 62.4 Å². The SMILES string of the molecule is Nc1cnc(C(F)(F)F)cc1N(CCO)C1CCC1. The highest BCUT2D eigenvalue weighted by Gasteiger charge is 2.34. The third kappa shape index (κ3) is 2.91. The molecule has 7 heteroatoms. The minimum atomic E-state index is -4.49. The molecule has 0 aromatic carbocycles. The van der Waals surface area contributed by atoms with Gasteiger partial charge in [-0.1, -0.05) is 0 Å². The second-order valence-corrected chi connectivity index (χ2v) is 4.63. The number of nitrogens with two attached hydrogens (primary N) is 1. The minimum absolute atomic E-state index is 0.125. The number of aliphatic hydroxyl groups excluding tert-OH is 1. The molecule has 1 aromatic rings. The van der Waals surface area contributed by atoms with Gasteiger partial charge in [0, 0.05) is 12.6 Å². The molecule has 1 saturated carbocycles. The molecule has 1 heterocycles. The van der Waals surface area contributed by atoms with E-state index in [0.717, 1.165) is 31.5 Å². The van der Waals surface area contributed by atoms with Crippen molar-refractivity contribution in [2.24, 2.45) is 0 Å². The molecule has 3 N–H and O–H groups in total. The van der Waals surface area contributed by atoms with E-state index in [-0.39, 0.29) is 24.9 Å². The van der Waals surface area contributed by atoms with Crippen LogP contribution < -0.4 is 10.6 Å². The van der Waals surface area contributed by atoms with Crippen molar-refractivity contribution in [2.75, 3.05) is 23.8 Å². The van der Waals surface area contributed by atoms with Crippen molar-refractivity contribution in [3.63, 3.8) is 0 Å². The number of alkyl halides is 3. The van der Waals surface area contributed by atoms with Crippen molar-refractivity contribution in [1.82, 2.24) is 4.98 Å². The molecule has 0 saturated heterocycles. The van der Waals surface area contributed by atoms with Gasteiger partial charge in [0.15, 0.2) is 0 Å². The molecule has 0 radical (unpaired) electrons. The highest BCUT2D eigenvalue weighted by molar-refractivity contribution is 5.67. The Morgan fingerprint density at radius 3 is 2.58 bits per heavy atom. The molecule has 1 fully saturated rings. The second kappa shape index (κ2) is 5.24. The molecule has 2 rings (SSSR count). The summed E-state index contributed by atoms with van der Waals surface area (Å²) in [6.07, 6.45) is -0.607. The van der Waals surface area contributed by atoms with Gasteiger partial charge in [0.2, 0.25) is 0 Å². The van der Waals surface area contributed by atoms with Gasteiger partial charge in [-0.05, 0) is 25.3 Å². The molecule has 0 atom stereocenters. The molecule has 106 valence electrons. The molecular weight excluding hydrogens is 259 g/mol. The van der Waals surface area contributed by atoms with E-state index in [0.29, 0.717) is 5.69 Å². The van der Waals surface area contributed by atoms with Gasteiger partial charge in [-0.25, -0.2) is 4.98 Å². The molecule has 0 spiro atoms. The Kier molecular flexibility index (Phi) is 3.84. The largest absolute Gasteiger partial charge is 0.433 e. The van der Waals surface area contributed by atoms with Crippen LogP contribution in [0.25, 0.3) is 0 Å². The second-order valence-electron chi connectivity index (χ2n) is 4.63. The third-order valence-electron chi connectivity index (χ3n) is 3.37. The fraction of sp³-hybridized carbons (Fsp3) is 0.583. The number of nitrogens with zero attached hydrogens (tertiary/aromatic N) is 2. The summed E-state index contributed by atoms with van der Waals surface area (Å²) >= 11 is 0. The first-order valence-electron chi connectivity index (χ1n) is 6.13. The van der Waals surface area contributed by atoms with Crippen LogP contribution in [0.15, 0.2) is 12.3 Å². The molecule has 0 unspecified atom stereocenters. The maximum absolute atomic E-state index is 12.7. The van der Waals surface area contributed by atoms with Gasteiger partial charge in [0.25, 0.3) is 0 Å². The molecular formula is C12H16F3N3O. The quantitative estimate of drug-likeness (QED) is 0.882.